The highest BCUT2D eigenvalue weighted by Crippen LogP contribution is 2.38. The number of anilines is 1. The molecule has 4 aromatic carbocycles. The molecule has 43 heavy (non-hydrogen) atoms. The number of ether oxygens (including phenoxy) is 2. The minimum Gasteiger partial charge on any atom is -0.454 e. The number of fused-ring (bicyclic) bond motifs is 2. The molecular weight excluding hydrogens is 566 g/mol. The molecule has 1 saturated heterocycles. The summed E-state index contributed by atoms with van der Waals surface area (Å²) in [6.45, 7) is 2.51. The highest BCUT2D eigenvalue weighted by molar-refractivity contribution is 6.30. The molecular formula is C34H32ClN3O5. The number of nitrogens with zero attached hydrogens (tertiary/aromatic N) is 2. The molecule has 0 radical (unpaired) electrons. The second-order valence-corrected chi connectivity index (χ2v) is 11.4. The molecule has 8 nitrogen and oxygen atoms in total. The number of primary amides is 1. The van der Waals surface area contributed by atoms with Crippen LogP contribution in [0.15, 0.2) is 78.9 Å². The molecule has 0 aliphatic carbocycles. The third-order valence-electron chi connectivity index (χ3n) is 8.20. The Morgan fingerprint density at radius 2 is 1.79 bits per heavy atom. The Hall–Kier alpha value is -4.56. The zero-order valence-electron chi connectivity index (χ0n) is 23.8. The summed E-state index contributed by atoms with van der Waals surface area (Å²) in [6.07, 6.45) is 1.18. The standard InChI is InChI=1S/C34H32ClN3O5/c1-21-15-16-37(28-12-10-23-5-2-3-8-26(23)27(28)11-14-31(36)39)34(41)33(24-6-4-7-25(35)19-24)38(21)32(40)18-22-9-13-29-30(17-22)43-20-42-29/h2-10,12-13,17,19,21,33H,11,14-16,18,20H2,1H3,(H2,36,39)/t21-,33+/m1/s1. The van der Waals surface area contributed by atoms with Crippen molar-refractivity contribution in [2.45, 2.75) is 44.7 Å². The van der Waals surface area contributed by atoms with Crippen LogP contribution >= 0.6 is 11.6 Å². The number of halogens is 1. The Morgan fingerprint density at radius 3 is 2.60 bits per heavy atom. The van der Waals surface area contributed by atoms with Gasteiger partial charge in [0.25, 0.3) is 5.91 Å². The fourth-order valence-corrected chi connectivity index (χ4v) is 6.30. The molecule has 2 aliphatic heterocycles. The van der Waals surface area contributed by atoms with Crippen LogP contribution in [0.3, 0.4) is 0 Å². The van der Waals surface area contributed by atoms with E-state index in [0.717, 1.165) is 21.9 Å². The number of benzene rings is 4. The number of carbonyl (C=O) groups is 3. The van der Waals surface area contributed by atoms with Gasteiger partial charge in [-0.2, -0.15) is 0 Å². The third-order valence-corrected chi connectivity index (χ3v) is 8.43. The lowest BCUT2D eigenvalue weighted by Gasteiger charge is -2.35. The minimum atomic E-state index is -0.909. The molecule has 6 rings (SSSR count). The van der Waals surface area contributed by atoms with Gasteiger partial charge >= 0.3 is 0 Å². The zero-order chi connectivity index (χ0) is 30.1. The van der Waals surface area contributed by atoms with Crippen molar-refractivity contribution < 1.29 is 23.9 Å². The molecule has 2 heterocycles. The van der Waals surface area contributed by atoms with E-state index in [1.165, 1.54) is 0 Å². The molecule has 220 valence electrons. The van der Waals surface area contributed by atoms with Gasteiger partial charge in [-0.05, 0) is 77.6 Å². The minimum absolute atomic E-state index is 0.0885. The topological polar surface area (TPSA) is 102 Å². The third kappa shape index (κ3) is 5.75. The van der Waals surface area contributed by atoms with Crippen LogP contribution in [0, 0.1) is 0 Å². The summed E-state index contributed by atoms with van der Waals surface area (Å²) in [5, 5.41) is 2.44. The number of hydrogen-bond acceptors (Lipinski definition) is 5. The summed E-state index contributed by atoms with van der Waals surface area (Å²) in [5.41, 5.74) is 8.54. The van der Waals surface area contributed by atoms with Crippen molar-refractivity contribution >= 4 is 45.8 Å². The second kappa shape index (κ2) is 12.0. The molecule has 0 unspecified atom stereocenters. The lowest BCUT2D eigenvalue weighted by molar-refractivity contribution is -0.140. The highest BCUT2D eigenvalue weighted by Gasteiger charge is 2.41. The molecule has 4 aromatic rings. The van der Waals surface area contributed by atoms with E-state index in [1.807, 2.05) is 61.5 Å². The first-order chi connectivity index (χ1) is 20.8. The molecule has 2 atom stereocenters. The van der Waals surface area contributed by atoms with Crippen LogP contribution in [0.5, 0.6) is 11.5 Å². The maximum absolute atomic E-state index is 14.7. The van der Waals surface area contributed by atoms with Gasteiger partial charge in [0.05, 0.1) is 6.42 Å². The molecule has 2 aliphatic rings. The van der Waals surface area contributed by atoms with Crippen molar-refractivity contribution in [3.8, 4) is 11.5 Å². The number of hydrogen-bond donors (Lipinski definition) is 1. The van der Waals surface area contributed by atoms with Gasteiger partial charge in [-0.3, -0.25) is 14.4 Å². The summed E-state index contributed by atoms with van der Waals surface area (Å²) in [5.74, 6) is 0.416. The molecule has 0 spiro atoms. The van der Waals surface area contributed by atoms with Crippen LogP contribution in [0.2, 0.25) is 5.02 Å². The zero-order valence-corrected chi connectivity index (χ0v) is 24.5. The number of aryl methyl sites for hydroxylation is 1. The predicted octanol–water partition coefficient (Wildman–Crippen LogP) is 5.58. The summed E-state index contributed by atoms with van der Waals surface area (Å²) in [6, 6.07) is 23.2. The van der Waals surface area contributed by atoms with E-state index < -0.39 is 11.9 Å². The molecule has 3 amide bonds. The SMILES string of the molecule is C[C@@H]1CCN(c2ccc3ccccc3c2CCC(N)=O)C(=O)[C@H](c2cccc(Cl)c2)N1C(=O)Cc1ccc2c(c1)OCO2. The fourth-order valence-electron chi connectivity index (χ4n) is 6.10. The smallest absolute Gasteiger partial charge is 0.254 e. The van der Waals surface area contributed by atoms with Crippen molar-refractivity contribution in [1.82, 2.24) is 4.90 Å². The van der Waals surface area contributed by atoms with Crippen LogP contribution in [-0.4, -0.2) is 42.0 Å². The van der Waals surface area contributed by atoms with Crippen molar-refractivity contribution in [3.05, 3.63) is 101 Å². The van der Waals surface area contributed by atoms with Crippen molar-refractivity contribution in [2.75, 3.05) is 18.2 Å². The lowest BCUT2D eigenvalue weighted by atomic mass is 9.96. The van der Waals surface area contributed by atoms with Gasteiger partial charge in [0.15, 0.2) is 11.5 Å². The summed E-state index contributed by atoms with van der Waals surface area (Å²) in [4.78, 5) is 44.1. The van der Waals surface area contributed by atoms with Gasteiger partial charge in [-0.25, -0.2) is 0 Å². The Kier molecular flexibility index (Phi) is 7.95. The van der Waals surface area contributed by atoms with E-state index in [1.54, 1.807) is 34.1 Å². The number of nitrogens with two attached hydrogens (primary N) is 1. The van der Waals surface area contributed by atoms with Gasteiger partial charge < -0.3 is 25.0 Å². The van der Waals surface area contributed by atoms with E-state index in [4.69, 9.17) is 26.8 Å². The average molecular weight is 598 g/mol. The van der Waals surface area contributed by atoms with Gasteiger partial charge in [0.2, 0.25) is 18.6 Å². The monoisotopic (exact) mass is 597 g/mol. The summed E-state index contributed by atoms with van der Waals surface area (Å²) >= 11 is 6.42. The molecule has 2 N–H and O–H groups in total. The maximum atomic E-state index is 14.7. The van der Waals surface area contributed by atoms with Crippen LogP contribution in [-0.2, 0) is 27.2 Å². The number of amides is 3. The van der Waals surface area contributed by atoms with E-state index in [2.05, 4.69) is 0 Å². The van der Waals surface area contributed by atoms with Crippen molar-refractivity contribution in [1.29, 1.82) is 0 Å². The van der Waals surface area contributed by atoms with Crippen molar-refractivity contribution in [3.63, 3.8) is 0 Å². The lowest BCUT2D eigenvalue weighted by Crippen LogP contribution is -2.46. The molecule has 0 saturated carbocycles. The second-order valence-electron chi connectivity index (χ2n) is 11.0. The Balaban J connectivity index is 1.42. The number of rotatable bonds is 7. The fraction of sp³-hybridized carbons (Fsp3) is 0.265. The quantitative estimate of drug-likeness (QED) is 0.300. The first-order valence-corrected chi connectivity index (χ1v) is 14.7. The predicted molar refractivity (Wildman–Crippen MR) is 165 cm³/mol. The van der Waals surface area contributed by atoms with Gasteiger partial charge in [0.1, 0.15) is 6.04 Å². The summed E-state index contributed by atoms with van der Waals surface area (Å²) in [7, 11) is 0. The first-order valence-electron chi connectivity index (χ1n) is 14.4. The van der Waals surface area contributed by atoms with Crippen molar-refractivity contribution in [2.24, 2.45) is 5.73 Å². The van der Waals surface area contributed by atoms with Crippen LogP contribution in [0.25, 0.3) is 10.8 Å². The average Bonchev–Trinajstić information content (AvgIpc) is 3.41. The molecule has 0 bridgehead atoms. The molecule has 0 aromatic heterocycles. The molecule has 1 fully saturated rings. The van der Waals surface area contributed by atoms with Gasteiger partial charge in [0, 0.05) is 29.7 Å². The normalized spacial score (nSPS) is 18.1. The van der Waals surface area contributed by atoms with Crippen LogP contribution in [0.1, 0.15) is 42.5 Å². The Morgan fingerprint density at radius 1 is 0.977 bits per heavy atom. The first kappa shape index (κ1) is 28.6. The Labute approximate surface area is 254 Å². The van der Waals surface area contributed by atoms with E-state index in [-0.39, 0.29) is 37.5 Å². The number of carbonyl (C=O) groups excluding carboxylic acids is 3. The van der Waals surface area contributed by atoms with Gasteiger partial charge in [-0.15, -0.1) is 0 Å². The largest absolute Gasteiger partial charge is 0.454 e. The summed E-state index contributed by atoms with van der Waals surface area (Å²) < 4.78 is 10.9. The maximum Gasteiger partial charge on any atom is 0.254 e. The van der Waals surface area contributed by atoms with Crippen LogP contribution in [0.4, 0.5) is 5.69 Å². The Bertz CT molecular complexity index is 1720. The molecule has 9 heteroatoms. The van der Waals surface area contributed by atoms with E-state index in [9.17, 15) is 14.4 Å². The van der Waals surface area contributed by atoms with E-state index in [0.29, 0.717) is 47.2 Å². The van der Waals surface area contributed by atoms with Gasteiger partial charge in [-0.1, -0.05) is 60.1 Å². The highest BCUT2D eigenvalue weighted by atomic mass is 35.5. The van der Waals surface area contributed by atoms with E-state index >= 15 is 0 Å². The van der Waals surface area contributed by atoms with Crippen LogP contribution < -0.4 is 20.1 Å².